The minimum absolute atomic E-state index is 0.109. The number of hydrogen-bond acceptors (Lipinski definition) is 3. The molecule has 2 heterocycles. The molecule has 0 fully saturated rings. The molecular formula is C18H12F2O3. The van der Waals surface area contributed by atoms with E-state index in [0.29, 0.717) is 5.56 Å². The van der Waals surface area contributed by atoms with Crippen molar-refractivity contribution in [3.63, 3.8) is 0 Å². The van der Waals surface area contributed by atoms with Gasteiger partial charge in [-0.15, -0.1) is 0 Å². The highest BCUT2D eigenvalue weighted by molar-refractivity contribution is 6.15. The number of benzene rings is 2. The molecule has 2 aliphatic heterocycles. The lowest BCUT2D eigenvalue weighted by Crippen LogP contribution is -2.56. The fraction of sp³-hybridized carbons (Fsp3) is 0.167. The Balaban J connectivity index is 1.97. The first-order chi connectivity index (χ1) is 11.0. The number of rotatable bonds is 1. The summed E-state index contributed by atoms with van der Waals surface area (Å²) >= 11 is 0. The van der Waals surface area contributed by atoms with Crippen molar-refractivity contribution in [2.75, 3.05) is 0 Å². The number of Topliss-reactive ketones (excluding diaryl/α,β-unsaturated/α-hetero) is 1. The van der Waals surface area contributed by atoms with Crippen molar-refractivity contribution in [2.45, 2.75) is 19.1 Å². The molecule has 0 amide bonds. The van der Waals surface area contributed by atoms with Crippen LogP contribution in [-0.2, 0) is 0 Å². The number of carbonyl (C=O) groups is 1. The molecule has 0 saturated heterocycles. The summed E-state index contributed by atoms with van der Waals surface area (Å²) in [7, 11) is 0. The summed E-state index contributed by atoms with van der Waals surface area (Å²) in [5.74, 6) is -2.52. The van der Waals surface area contributed by atoms with Gasteiger partial charge in [0.2, 0.25) is 5.78 Å². The minimum atomic E-state index is -3.01. The third kappa shape index (κ3) is 1.89. The van der Waals surface area contributed by atoms with Crippen molar-refractivity contribution in [2.24, 2.45) is 0 Å². The van der Waals surface area contributed by atoms with Crippen molar-refractivity contribution < 1.29 is 23.0 Å². The van der Waals surface area contributed by atoms with Crippen LogP contribution in [0.3, 0.4) is 0 Å². The molecule has 2 aliphatic rings. The Morgan fingerprint density at radius 3 is 2.57 bits per heavy atom. The van der Waals surface area contributed by atoms with Gasteiger partial charge in [-0.2, -0.15) is 0 Å². The van der Waals surface area contributed by atoms with Crippen molar-refractivity contribution in [3.05, 3.63) is 64.7 Å². The second-order valence-electron chi connectivity index (χ2n) is 5.60. The van der Waals surface area contributed by atoms with Gasteiger partial charge in [-0.1, -0.05) is 29.8 Å². The molecule has 0 radical (unpaired) electrons. The maximum absolute atomic E-state index is 13.8. The van der Waals surface area contributed by atoms with Crippen LogP contribution in [0.2, 0.25) is 0 Å². The van der Waals surface area contributed by atoms with E-state index in [2.05, 4.69) is 0 Å². The average molecular weight is 314 g/mol. The summed E-state index contributed by atoms with van der Waals surface area (Å²) in [6.45, 7) is 1.82. The molecule has 1 atom stereocenters. The second kappa shape index (κ2) is 4.65. The molecule has 4 rings (SSSR count). The van der Waals surface area contributed by atoms with E-state index in [4.69, 9.17) is 9.47 Å². The highest BCUT2D eigenvalue weighted by Crippen LogP contribution is 2.46. The van der Waals surface area contributed by atoms with Crippen LogP contribution in [0.1, 0.15) is 21.5 Å². The van der Waals surface area contributed by atoms with E-state index in [0.717, 1.165) is 5.56 Å². The summed E-state index contributed by atoms with van der Waals surface area (Å²) in [4.78, 5) is 12.8. The first-order valence-electron chi connectivity index (χ1n) is 7.14. The van der Waals surface area contributed by atoms with Gasteiger partial charge < -0.3 is 9.47 Å². The molecule has 2 aromatic rings. The number of ether oxygens (including phenoxy) is 2. The Morgan fingerprint density at radius 2 is 1.78 bits per heavy atom. The standard InChI is InChI=1S/C18H12F2O3/c1-10-6-7-15-12(8-10)16(21)13-9-11-4-2-3-5-14(11)22-18(13,23-15)17(19)20/h2-9,17H,1H3. The molecule has 0 saturated carbocycles. The topological polar surface area (TPSA) is 35.5 Å². The van der Waals surface area contributed by atoms with Crippen LogP contribution >= 0.6 is 0 Å². The molecule has 5 heteroatoms. The van der Waals surface area contributed by atoms with E-state index in [1.54, 1.807) is 36.4 Å². The van der Waals surface area contributed by atoms with Gasteiger partial charge >= 0.3 is 12.2 Å². The summed E-state index contributed by atoms with van der Waals surface area (Å²) in [5.41, 5.74) is 1.52. The van der Waals surface area contributed by atoms with Crippen LogP contribution in [0.5, 0.6) is 11.5 Å². The average Bonchev–Trinajstić information content (AvgIpc) is 2.54. The first-order valence-corrected chi connectivity index (χ1v) is 7.14. The van der Waals surface area contributed by atoms with Crippen molar-refractivity contribution >= 4 is 11.9 Å². The zero-order chi connectivity index (χ0) is 16.2. The second-order valence-corrected chi connectivity index (χ2v) is 5.60. The smallest absolute Gasteiger partial charge is 0.344 e. The van der Waals surface area contributed by atoms with Crippen LogP contribution < -0.4 is 9.47 Å². The van der Waals surface area contributed by atoms with Crippen molar-refractivity contribution in [1.82, 2.24) is 0 Å². The highest BCUT2D eigenvalue weighted by Gasteiger charge is 2.57. The lowest BCUT2D eigenvalue weighted by Gasteiger charge is -2.41. The molecule has 0 aliphatic carbocycles. The Labute approximate surface area is 131 Å². The molecule has 0 spiro atoms. The van der Waals surface area contributed by atoms with Gasteiger partial charge in [0.15, 0.2) is 0 Å². The third-order valence-electron chi connectivity index (χ3n) is 4.03. The number of fused-ring (bicyclic) bond motifs is 3. The largest absolute Gasteiger partial charge is 0.443 e. The molecule has 23 heavy (non-hydrogen) atoms. The molecule has 1 unspecified atom stereocenters. The summed E-state index contributed by atoms with van der Waals surface area (Å²) in [5, 5.41) is 0. The minimum Gasteiger partial charge on any atom is -0.443 e. The molecule has 0 aromatic heterocycles. The van der Waals surface area contributed by atoms with E-state index in [1.165, 1.54) is 12.1 Å². The number of carbonyl (C=O) groups excluding carboxylic acids is 1. The number of ketones is 1. The highest BCUT2D eigenvalue weighted by atomic mass is 19.3. The normalized spacial score (nSPS) is 21.6. The third-order valence-corrected chi connectivity index (χ3v) is 4.03. The van der Waals surface area contributed by atoms with E-state index < -0.39 is 18.0 Å². The van der Waals surface area contributed by atoms with Gasteiger partial charge in [0.05, 0.1) is 11.1 Å². The van der Waals surface area contributed by atoms with Crippen molar-refractivity contribution in [3.8, 4) is 11.5 Å². The fourth-order valence-electron chi connectivity index (χ4n) is 2.89. The van der Waals surface area contributed by atoms with Gasteiger partial charge in [0.1, 0.15) is 11.5 Å². The van der Waals surface area contributed by atoms with E-state index in [9.17, 15) is 13.6 Å². The molecule has 0 N–H and O–H groups in total. The summed E-state index contributed by atoms with van der Waals surface area (Å²) in [6, 6.07) is 11.6. The van der Waals surface area contributed by atoms with Crippen LogP contribution in [0.15, 0.2) is 48.0 Å². The molecule has 2 aromatic carbocycles. The Kier molecular flexibility index (Phi) is 2.82. The Morgan fingerprint density at radius 1 is 1.04 bits per heavy atom. The predicted molar refractivity (Wildman–Crippen MR) is 79.9 cm³/mol. The maximum atomic E-state index is 13.8. The van der Waals surface area contributed by atoms with Crippen LogP contribution in [0, 0.1) is 6.92 Å². The fourth-order valence-corrected chi connectivity index (χ4v) is 2.89. The number of aryl methyl sites for hydroxylation is 1. The zero-order valence-corrected chi connectivity index (χ0v) is 12.2. The van der Waals surface area contributed by atoms with Crippen LogP contribution in [0.4, 0.5) is 8.78 Å². The summed E-state index contributed by atoms with van der Waals surface area (Å²) < 4.78 is 38.7. The Hall–Kier alpha value is -2.69. The predicted octanol–water partition coefficient (Wildman–Crippen LogP) is 4.01. The molecular weight excluding hydrogens is 302 g/mol. The molecule has 0 bridgehead atoms. The van der Waals surface area contributed by atoms with Crippen LogP contribution in [0.25, 0.3) is 6.08 Å². The van der Waals surface area contributed by atoms with Gasteiger partial charge in [0, 0.05) is 5.56 Å². The van der Waals surface area contributed by atoms with Gasteiger partial charge in [-0.05, 0) is 31.2 Å². The number of hydrogen-bond donors (Lipinski definition) is 0. The Bertz CT molecular complexity index is 857. The number of halogens is 2. The van der Waals surface area contributed by atoms with Gasteiger partial charge in [-0.3, -0.25) is 4.79 Å². The lowest BCUT2D eigenvalue weighted by atomic mass is 9.88. The monoisotopic (exact) mass is 314 g/mol. The van der Waals surface area contributed by atoms with E-state index >= 15 is 0 Å². The first kappa shape index (κ1) is 13.9. The maximum Gasteiger partial charge on any atom is 0.344 e. The zero-order valence-electron chi connectivity index (χ0n) is 12.2. The number of alkyl halides is 2. The summed E-state index contributed by atoms with van der Waals surface area (Å²) in [6.07, 6.45) is -1.58. The van der Waals surface area contributed by atoms with E-state index in [1.807, 2.05) is 6.92 Å². The quantitative estimate of drug-likeness (QED) is 0.798. The number of para-hydroxylation sites is 1. The van der Waals surface area contributed by atoms with E-state index in [-0.39, 0.29) is 22.6 Å². The van der Waals surface area contributed by atoms with Gasteiger partial charge in [0.25, 0.3) is 0 Å². The van der Waals surface area contributed by atoms with Gasteiger partial charge in [-0.25, -0.2) is 8.78 Å². The van der Waals surface area contributed by atoms with Crippen LogP contribution in [-0.4, -0.2) is 18.0 Å². The molecule has 116 valence electrons. The lowest BCUT2D eigenvalue weighted by molar-refractivity contribution is -0.176. The SMILES string of the molecule is Cc1ccc2c(c1)C(=O)C1=Cc3ccccc3OC1(C(F)F)O2. The van der Waals surface area contributed by atoms with Crippen molar-refractivity contribution in [1.29, 1.82) is 0 Å². The molecule has 3 nitrogen and oxygen atoms in total.